The Morgan fingerprint density at radius 1 is 0.302 bits per heavy atom. The largest absolute Gasteiger partial charge is 0.462 e. The van der Waals surface area contributed by atoms with E-state index in [1.165, 1.54) is 199 Å². The van der Waals surface area contributed by atoms with Crippen molar-refractivity contribution in [2.75, 3.05) is 13.2 Å². The Labute approximate surface area is 392 Å². The molecule has 0 aromatic carbocycles. The third-order valence-corrected chi connectivity index (χ3v) is 12.4. The van der Waals surface area contributed by atoms with E-state index in [0.717, 1.165) is 64.2 Å². The number of unbranched alkanes of at least 4 members (excludes halogenated alkanes) is 36. The van der Waals surface area contributed by atoms with E-state index < -0.39 is 6.10 Å². The smallest absolute Gasteiger partial charge is 0.306 e. The van der Waals surface area contributed by atoms with Gasteiger partial charge in [0.25, 0.3) is 0 Å². The Balaban J connectivity index is 4.35. The fraction of sp³-hybridized carbons (Fsp3) is 0.877. The van der Waals surface area contributed by atoms with Crippen molar-refractivity contribution in [2.24, 2.45) is 0 Å². The van der Waals surface area contributed by atoms with Gasteiger partial charge in [0.05, 0.1) is 0 Å². The number of ether oxygens (including phenoxy) is 3. The molecule has 0 saturated carbocycles. The summed E-state index contributed by atoms with van der Waals surface area (Å²) in [5.74, 6) is -0.867. The van der Waals surface area contributed by atoms with Crippen LogP contribution < -0.4 is 0 Å². The fourth-order valence-electron chi connectivity index (χ4n) is 8.20. The highest BCUT2D eigenvalue weighted by Gasteiger charge is 2.19. The highest BCUT2D eigenvalue weighted by molar-refractivity contribution is 5.71. The van der Waals surface area contributed by atoms with Crippen molar-refractivity contribution < 1.29 is 28.6 Å². The van der Waals surface area contributed by atoms with E-state index in [1.807, 2.05) is 0 Å². The summed E-state index contributed by atoms with van der Waals surface area (Å²) < 4.78 is 16.8. The summed E-state index contributed by atoms with van der Waals surface area (Å²) in [5.41, 5.74) is 0. The second kappa shape index (κ2) is 52.5. The topological polar surface area (TPSA) is 78.9 Å². The minimum atomic E-state index is -0.772. The predicted molar refractivity (Wildman–Crippen MR) is 270 cm³/mol. The maximum Gasteiger partial charge on any atom is 0.306 e. The molecule has 0 N–H and O–H groups in total. The molecule has 0 bridgehead atoms. The summed E-state index contributed by atoms with van der Waals surface area (Å²) in [7, 11) is 0. The van der Waals surface area contributed by atoms with Gasteiger partial charge in [0, 0.05) is 19.3 Å². The Morgan fingerprint density at radius 2 is 0.524 bits per heavy atom. The third kappa shape index (κ3) is 50.7. The Kier molecular flexibility index (Phi) is 50.8. The van der Waals surface area contributed by atoms with E-state index in [2.05, 4.69) is 45.1 Å². The molecule has 0 saturated heterocycles. The number of rotatable bonds is 51. The van der Waals surface area contributed by atoms with E-state index >= 15 is 0 Å². The molecule has 0 aliphatic heterocycles. The molecule has 0 aromatic rings. The van der Waals surface area contributed by atoms with Crippen molar-refractivity contribution >= 4 is 17.9 Å². The minimum absolute atomic E-state index is 0.0714. The third-order valence-electron chi connectivity index (χ3n) is 12.4. The van der Waals surface area contributed by atoms with E-state index in [1.54, 1.807) is 0 Å². The maximum absolute atomic E-state index is 12.8. The van der Waals surface area contributed by atoms with Crippen molar-refractivity contribution in [3.05, 3.63) is 24.3 Å². The summed E-state index contributed by atoms with van der Waals surface area (Å²) in [6.07, 6.45) is 60.1. The first kappa shape index (κ1) is 60.9. The maximum atomic E-state index is 12.8. The van der Waals surface area contributed by atoms with Crippen molar-refractivity contribution in [1.82, 2.24) is 0 Å². The molecular formula is C57H106O6. The minimum Gasteiger partial charge on any atom is -0.462 e. The fourth-order valence-corrected chi connectivity index (χ4v) is 8.20. The zero-order valence-electron chi connectivity index (χ0n) is 42.4. The predicted octanol–water partition coefficient (Wildman–Crippen LogP) is 18.3. The Hall–Kier alpha value is -2.11. The van der Waals surface area contributed by atoms with Crippen LogP contribution in [0, 0.1) is 0 Å². The van der Waals surface area contributed by atoms with Crippen molar-refractivity contribution in [1.29, 1.82) is 0 Å². The lowest BCUT2D eigenvalue weighted by Gasteiger charge is -2.18. The zero-order valence-corrected chi connectivity index (χ0v) is 42.4. The summed E-state index contributed by atoms with van der Waals surface area (Å²) in [6.45, 7) is 6.65. The first-order chi connectivity index (χ1) is 31.0. The van der Waals surface area contributed by atoms with Gasteiger partial charge >= 0.3 is 17.9 Å². The number of allylic oxidation sites excluding steroid dienone is 4. The molecule has 6 heteroatoms. The zero-order chi connectivity index (χ0) is 45.8. The SMILES string of the molecule is CCCCCC/C=C\CCCCCCCCCC(=O)O[C@H](COC(=O)CCCCCCC/C=C\CCCCCCCC)COC(=O)CCCCCCCCCCCCCCCCC. The molecule has 0 aromatic heterocycles. The van der Waals surface area contributed by atoms with Gasteiger partial charge in [-0.25, -0.2) is 0 Å². The lowest BCUT2D eigenvalue weighted by molar-refractivity contribution is -0.167. The number of hydrogen-bond donors (Lipinski definition) is 0. The molecule has 0 fully saturated rings. The molecule has 0 unspecified atom stereocenters. The molecule has 370 valence electrons. The van der Waals surface area contributed by atoms with Crippen molar-refractivity contribution in [3.63, 3.8) is 0 Å². The molecule has 0 amide bonds. The molecule has 0 radical (unpaired) electrons. The van der Waals surface area contributed by atoms with Crippen LogP contribution >= 0.6 is 0 Å². The molecule has 0 heterocycles. The summed E-state index contributed by atoms with van der Waals surface area (Å²) >= 11 is 0. The van der Waals surface area contributed by atoms with Crippen LogP contribution in [0.3, 0.4) is 0 Å². The number of carbonyl (C=O) groups excluding carboxylic acids is 3. The Morgan fingerprint density at radius 3 is 0.810 bits per heavy atom. The average Bonchev–Trinajstić information content (AvgIpc) is 3.28. The normalized spacial score (nSPS) is 12.1. The summed E-state index contributed by atoms with van der Waals surface area (Å²) in [5, 5.41) is 0. The van der Waals surface area contributed by atoms with E-state index in [4.69, 9.17) is 14.2 Å². The van der Waals surface area contributed by atoms with Crippen LogP contribution in [0.15, 0.2) is 24.3 Å². The average molecular weight is 887 g/mol. The van der Waals surface area contributed by atoms with Gasteiger partial charge < -0.3 is 14.2 Å². The number of carbonyl (C=O) groups is 3. The Bertz CT molecular complexity index is 1020. The van der Waals surface area contributed by atoms with Crippen LogP contribution in [0.2, 0.25) is 0 Å². The summed E-state index contributed by atoms with van der Waals surface area (Å²) in [6, 6.07) is 0. The van der Waals surface area contributed by atoms with E-state index in [9.17, 15) is 14.4 Å². The van der Waals surface area contributed by atoms with Gasteiger partial charge in [-0.1, -0.05) is 238 Å². The molecule has 1 atom stereocenters. The van der Waals surface area contributed by atoms with Crippen LogP contribution in [0.5, 0.6) is 0 Å². The van der Waals surface area contributed by atoms with Crippen LogP contribution in [0.25, 0.3) is 0 Å². The second-order valence-corrected chi connectivity index (χ2v) is 18.8. The highest BCUT2D eigenvalue weighted by Crippen LogP contribution is 2.16. The van der Waals surface area contributed by atoms with Crippen LogP contribution in [0.1, 0.15) is 303 Å². The monoisotopic (exact) mass is 887 g/mol. The highest BCUT2D eigenvalue weighted by atomic mass is 16.6. The van der Waals surface area contributed by atoms with Gasteiger partial charge in [0.15, 0.2) is 6.10 Å². The lowest BCUT2D eigenvalue weighted by atomic mass is 10.0. The second-order valence-electron chi connectivity index (χ2n) is 18.8. The molecule has 0 spiro atoms. The lowest BCUT2D eigenvalue weighted by Crippen LogP contribution is -2.30. The number of hydrogen-bond acceptors (Lipinski definition) is 6. The van der Waals surface area contributed by atoms with Crippen LogP contribution in [0.4, 0.5) is 0 Å². The standard InChI is InChI=1S/C57H106O6/c1-4-7-10-13-16-19-22-25-28-31-34-37-40-43-46-49-55(58)61-52-54(63-57(60)51-48-45-42-39-36-33-30-27-24-21-18-15-12-9-6-3)53-62-56(59)50-47-44-41-38-35-32-29-26-23-20-17-14-11-8-5-2/h21,24-25,28,54H,4-20,22-23,26-27,29-53H2,1-3H3/b24-21-,28-25-/t54-/m1/s1. The van der Waals surface area contributed by atoms with E-state index in [-0.39, 0.29) is 31.1 Å². The van der Waals surface area contributed by atoms with Crippen LogP contribution in [-0.4, -0.2) is 37.2 Å². The molecule has 0 aliphatic carbocycles. The molecular weight excluding hydrogens is 781 g/mol. The molecule has 0 aliphatic rings. The number of esters is 3. The van der Waals surface area contributed by atoms with Crippen LogP contribution in [-0.2, 0) is 28.6 Å². The van der Waals surface area contributed by atoms with Crippen molar-refractivity contribution in [2.45, 2.75) is 309 Å². The molecule has 0 rings (SSSR count). The van der Waals surface area contributed by atoms with Gasteiger partial charge in [0.2, 0.25) is 0 Å². The van der Waals surface area contributed by atoms with Gasteiger partial charge in [-0.3, -0.25) is 14.4 Å². The van der Waals surface area contributed by atoms with Gasteiger partial charge in [0.1, 0.15) is 13.2 Å². The molecule has 6 nitrogen and oxygen atoms in total. The summed E-state index contributed by atoms with van der Waals surface area (Å²) in [4.78, 5) is 38.1. The first-order valence-electron chi connectivity index (χ1n) is 27.8. The molecule has 63 heavy (non-hydrogen) atoms. The first-order valence-corrected chi connectivity index (χ1v) is 27.8. The van der Waals surface area contributed by atoms with Gasteiger partial charge in [-0.15, -0.1) is 0 Å². The van der Waals surface area contributed by atoms with Crippen molar-refractivity contribution in [3.8, 4) is 0 Å². The van der Waals surface area contributed by atoms with Gasteiger partial charge in [-0.05, 0) is 70.6 Å². The quantitative estimate of drug-likeness (QED) is 0.0262. The van der Waals surface area contributed by atoms with Gasteiger partial charge in [-0.2, -0.15) is 0 Å². The van der Waals surface area contributed by atoms with E-state index in [0.29, 0.717) is 19.3 Å².